The molecule has 1 aromatic rings. The zero-order valence-corrected chi connectivity index (χ0v) is 13.9. The van der Waals surface area contributed by atoms with Gasteiger partial charge in [-0.05, 0) is 30.4 Å². The lowest BCUT2D eigenvalue weighted by Crippen LogP contribution is -2.38. The molecule has 0 aromatic carbocycles. The van der Waals surface area contributed by atoms with Gasteiger partial charge in [0.2, 0.25) is 0 Å². The maximum atomic E-state index is 12.5. The fourth-order valence-electron chi connectivity index (χ4n) is 2.35. The van der Waals surface area contributed by atoms with Crippen LogP contribution in [0, 0.1) is 5.92 Å². The van der Waals surface area contributed by atoms with Crippen molar-refractivity contribution in [2.45, 2.75) is 51.2 Å². The van der Waals surface area contributed by atoms with E-state index in [1.807, 2.05) is 6.07 Å². The summed E-state index contributed by atoms with van der Waals surface area (Å²) >= 11 is 0. The molecule has 0 radical (unpaired) electrons. The second kappa shape index (κ2) is 6.85. The van der Waals surface area contributed by atoms with Crippen molar-refractivity contribution in [1.29, 1.82) is 0 Å². The lowest BCUT2D eigenvalue weighted by atomic mass is 10.0. The molecule has 2 heterocycles. The Labute approximate surface area is 127 Å². The van der Waals surface area contributed by atoms with Crippen molar-refractivity contribution >= 4 is 10.0 Å². The molecule has 0 amide bonds. The highest BCUT2D eigenvalue weighted by atomic mass is 32.2. The molecule has 0 atom stereocenters. The maximum Gasteiger partial charge on any atom is 0.260 e. The van der Waals surface area contributed by atoms with Crippen molar-refractivity contribution in [3.05, 3.63) is 23.9 Å². The van der Waals surface area contributed by atoms with E-state index in [0.717, 1.165) is 18.4 Å². The average molecular weight is 311 g/mol. The van der Waals surface area contributed by atoms with Crippen LogP contribution < -0.4 is 5.32 Å². The van der Waals surface area contributed by atoms with Gasteiger partial charge in [0.05, 0.1) is 0 Å². The first-order valence-electron chi connectivity index (χ1n) is 7.58. The largest absolute Gasteiger partial charge is 0.310 e. The van der Waals surface area contributed by atoms with Gasteiger partial charge in [0, 0.05) is 31.9 Å². The van der Waals surface area contributed by atoms with Crippen LogP contribution in [0.2, 0.25) is 0 Å². The number of rotatable bonds is 5. The monoisotopic (exact) mass is 311 g/mol. The second-order valence-electron chi connectivity index (χ2n) is 6.13. The average Bonchev–Trinajstić information content (AvgIpc) is 2.46. The van der Waals surface area contributed by atoms with Crippen LogP contribution in [0.1, 0.15) is 39.2 Å². The summed E-state index contributed by atoms with van der Waals surface area (Å²) in [4.78, 5) is 4.15. The third-order valence-corrected chi connectivity index (χ3v) is 5.67. The molecule has 0 spiro atoms. The highest BCUT2D eigenvalue weighted by Crippen LogP contribution is 2.22. The van der Waals surface area contributed by atoms with E-state index < -0.39 is 10.0 Å². The quantitative estimate of drug-likeness (QED) is 0.903. The molecule has 1 saturated heterocycles. The van der Waals surface area contributed by atoms with E-state index in [1.165, 1.54) is 0 Å². The number of pyridine rings is 1. The number of hydrogen-bond donors (Lipinski definition) is 1. The Bertz CT molecular complexity index is 547. The first-order chi connectivity index (χ1) is 9.89. The zero-order valence-electron chi connectivity index (χ0n) is 13.0. The lowest BCUT2D eigenvalue weighted by Gasteiger charge is -2.29. The molecule has 1 aliphatic rings. The van der Waals surface area contributed by atoms with Crippen LogP contribution in [0.25, 0.3) is 0 Å². The van der Waals surface area contributed by atoms with Gasteiger partial charge in [0.25, 0.3) is 10.0 Å². The minimum absolute atomic E-state index is 0.158. The smallest absolute Gasteiger partial charge is 0.260 e. The Morgan fingerprint density at radius 2 is 2.00 bits per heavy atom. The first kappa shape index (κ1) is 16.4. The highest BCUT2D eigenvalue weighted by molar-refractivity contribution is 7.89. The molecular weight excluding hydrogens is 286 g/mol. The molecule has 0 saturated carbocycles. The van der Waals surface area contributed by atoms with Gasteiger partial charge < -0.3 is 5.32 Å². The highest BCUT2D eigenvalue weighted by Gasteiger charge is 2.28. The summed E-state index contributed by atoms with van der Waals surface area (Å²) in [5, 5.41) is 3.45. The number of nitrogens with one attached hydrogen (secondary N) is 1. The van der Waals surface area contributed by atoms with E-state index in [2.05, 4.69) is 31.1 Å². The zero-order chi connectivity index (χ0) is 15.5. The van der Waals surface area contributed by atoms with Gasteiger partial charge in [-0.15, -0.1) is 0 Å². The number of aromatic nitrogens is 1. The van der Waals surface area contributed by atoms with Crippen LogP contribution in [-0.4, -0.2) is 36.8 Å². The summed E-state index contributed by atoms with van der Waals surface area (Å²) in [5.41, 5.74) is 0.995. The standard InChI is InChI=1S/C15H25N3O2S/c1-12(2)16-10-14-4-5-15(17-11-14)21(19,20)18-8-6-13(3)7-9-18/h4-5,11-13,16H,6-10H2,1-3H3. The van der Waals surface area contributed by atoms with Crippen LogP contribution >= 0.6 is 0 Å². The Morgan fingerprint density at radius 3 is 2.52 bits per heavy atom. The molecule has 0 unspecified atom stereocenters. The van der Waals surface area contributed by atoms with Gasteiger partial charge >= 0.3 is 0 Å². The van der Waals surface area contributed by atoms with E-state index in [1.54, 1.807) is 16.6 Å². The van der Waals surface area contributed by atoms with Crippen LogP contribution in [0.15, 0.2) is 23.4 Å². The third kappa shape index (κ3) is 4.25. The number of nitrogens with zero attached hydrogens (tertiary/aromatic N) is 2. The first-order valence-corrected chi connectivity index (χ1v) is 9.02. The van der Waals surface area contributed by atoms with Crippen LogP contribution in [-0.2, 0) is 16.6 Å². The predicted molar refractivity (Wildman–Crippen MR) is 83.4 cm³/mol. The molecule has 118 valence electrons. The normalized spacial score (nSPS) is 18.3. The summed E-state index contributed by atoms with van der Waals surface area (Å²) in [6.45, 7) is 8.21. The summed E-state index contributed by atoms with van der Waals surface area (Å²) in [7, 11) is -3.43. The van der Waals surface area contributed by atoms with Gasteiger partial charge in [-0.3, -0.25) is 0 Å². The Hall–Kier alpha value is -0.980. The van der Waals surface area contributed by atoms with E-state index in [9.17, 15) is 8.42 Å². The molecule has 21 heavy (non-hydrogen) atoms. The summed E-state index contributed by atoms with van der Waals surface area (Å²) < 4.78 is 26.6. The molecule has 1 N–H and O–H groups in total. The molecule has 6 heteroatoms. The van der Waals surface area contributed by atoms with Crippen molar-refractivity contribution in [1.82, 2.24) is 14.6 Å². The van der Waals surface area contributed by atoms with E-state index in [0.29, 0.717) is 31.6 Å². The number of piperidine rings is 1. The van der Waals surface area contributed by atoms with Crippen molar-refractivity contribution in [2.75, 3.05) is 13.1 Å². The molecule has 0 aliphatic carbocycles. The molecular formula is C15H25N3O2S. The van der Waals surface area contributed by atoms with Crippen molar-refractivity contribution in [2.24, 2.45) is 5.92 Å². The minimum atomic E-state index is -3.43. The van der Waals surface area contributed by atoms with E-state index >= 15 is 0 Å². The van der Waals surface area contributed by atoms with Gasteiger partial charge in [0.15, 0.2) is 5.03 Å². The minimum Gasteiger partial charge on any atom is -0.310 e. The SMILES string of the molecule is CC1CCN(S(=O)(=O)c2ccc(CNC(C)C)cn2)CC1. The number of hydrogen-bond acceptors (Lipinski definition) is 4. The van der Waals surface area contributed by atoms with E-state index in [4.69, 9.17) is 0 Å². The second-order valence-corrected chi connectivity index (χ2v) is 8.01. The van der Waals surface area contributed by atoms with Gasteiger partial charge in [-0.25, -0.2) is 13.4 Å². The van der Waals surface area contributed by atoms with Gasteiger partial charge in [0.1, 0.15) is 0 Å². The summed E-state index contributed by atoms with van der Waals surface area (Å²) in [6.07, 6.45) is 3.50. The molecule has 1 aromatic heterocycles. The van der Waals surface area contributed by atoms with Crippen molar-refractivity contribution in [3.63, 3.8) is 0 Å². The Morgan fingerprint density at radius 1 is 1.33 bits per heavy atom. The Balaban J connectivity index is 2.06. The third-order valence-electron chi connectivity index (χ3n) is 3.86. The fraction of sp³-hybridized carbons (Fsp3) is 0.667. The van der Waals surface area contributed by atoms with Crippen LogP contribution in [0.3, 0.4) is 0 Å². The predicted octanol–water partition coefficient (Wildman–Crippen LogP) is 2.00. The molecule has 0 bridgehead atoms. The Kier molecular flexibility index (Phi) is 5.35. The molecule has 2 rings (SSSR count). The van der Waals surface area contributed by atoms with E-state index in [-0.39, 0.29) is 5.03 Å². The number of sulfonamides is 1. The maximum absolute atomic E-state index is 12.5. The van der Waals surface area contributed by atoms with Gasteiger partial charge in [-0.2, -0.15) is 4.31 Å². The van der Waals surface area contributed by atoms with Crippen molar-refractivity contribution in [3.8, 4) is 0 Å². The molecule has 1 fully saturated rings. The molecule has 5 nitrogen and oxygen atoms in total. The van der Waals surface area contributed by atoms with Crippen LogP contribution in [0.4, 0.5) is 0 Å². The van der Waals surface area contributed by atoms with Gasteiger partial charge in [-0.1, -0.05) is 26.8 Å². The lowest BCUT2D eigenvalue weighted by molar-refractivity contribution is 0.287. The topological polar surface area (TPSA) is 62.3 Å². The van der Waals surface area contributed by atoms with Crippen LogP contribution in [0.5, 0.6) is 0 Å². The summed E-state index contributed by atoms with van der Waals surface area (Å²) in [5.74, 6) is 0.605. The molecule has 1 aliphatic heterocycles. The summed E-state index contributed by atoms with van der Waals surface area (Å²) in [6, 6.07) is 3.84. The fourth-order valence-corrected chi connectivity index (χ4v) is 3.73. The van der Waals surface area contributed by atoms with Crippen molar-refractivity contribution < 1.29 is 8.42 Å².